The Labute approximate surface area is 115 Å². The van der Waals surface area contributed by atoms with Crippen molar-refractivity contribution in [2.45, 2.75) is 25.0 Å². The lowest BCUT2D eigenvalue weighted by Crippen LogP contribution is -2.41. The van der Waals surface area contributed by atoms with E-state index in [2.05, 4.69) is 11.8 Å². The van der Waals surface area contributed by atoms with Gasteiger partial charge in [0.05, 0.1) is 16.8 Å². The van der Waals surface area contributed by atoms with E-state index in [1.807, 2.05) is 0 Å². The van der Waals surface area contributed by atoms with Crippen LogP contribution in [0.2, 0.25) is 0 Å². The minimum absolute atomic E-state index is 0.00578. The predicted molar refractivity (Wildman–Crippen MR) is 74.3 cm³/mol. The Morgan fingerprint density at radius 1 is 1.16 bits per heavy atom. The molecule has 0 amide bonds. The maximum atomic E-state index is 12.5. The van der Waals surface area contributed by atoms with E-state index in [0.717, 1.165) is 26.1 Å². The molecule has 112 valence electrons. The summed E-state index contributed by atoms with van der Waals surface area (Å²) in [5, 5.41) is -0.731. The van der Waals surface area contributed by atoms with Crippen LogP contribution in [0.1, 0.15) is 19.8 Å². The van der Waals surface area contributed by atoms with Crippen LogP contribution in [0.15, 0.2) is 0 Å². The van der Waals surface area contributed by atoms with Gasteiger partial charge in [-0.1, -0.05) is 6.92 Å². The lowest BCUT2D eigenvalue weighted by atomic mass is 10.4. The van der Waals surface area contributed by atoms with Gasteiger partial charge >= 0.3 is 0 Å². The monoisotopic (exact) mass is 310 g/mol. The van der Waals surface area contributed by atoms with Crippen LogP contribution in [0.25, 0.3) is 0 Å². The van der Waals surface area contributed by atoms with E-state index in [4.69, 9.17) is 0 Å². The molecule has 2 fully saturated rings. The molecule has 0 radical (unpaired) electrons. The van der Waals surface area contributed by atoms with E-state index in [1.165, 1.54) is 4.31 Å². The third kappa shape index (κ3) is 3.48. The van der Waals surface area contributed by atoms with Gasteiger partial charge in [-0.05, 0) is 25.9 Å². The Kier molecular flexibility index (Phi) is 4.54. The molecule has 2 saturated heterocycles. The van der Waals surface area contributed by atoms with Gasteiger partial charge < -0.3 is 4.90 Å². The van der Waals surface area contributed by atoms with E-state index in [9.17, 15) is 16.8 Å². The first-order valence-electron chi connectivity index (χ1n) is 6.77. The Bertz CT molecular complexity index is 515. The summed E-state index contributed by atoms with van der Waals surface area (Å²) in [4.78, 5) is 2.22. The summed E-state index contributed by atoms with van der Waals surface area (Å²) in [6.07, 6.45) is 1.06. The summed E-state index contributed by atoms with van der Waals surface area (Å²) < 4.78 is 49.3. The lowest BCUT2D eigenvalue weighted by Gasteiger charge is -2.23. The second-order valence-electron chi connectivity index (χ2n) is 5.26. The fourth-order valence-electron chi connectivity index (χ4n) is 2.72. The van der Waals surface area contributed by atoms with Crippen LogP contribution in [-0.2, 0) is 19.9 Å². The predicted octanol–water partition coefficient (Wildman–Crippen LogP) is -0.469. The first kappa shape index (κ1) is 15.2. The zero-order valence-electron chi connectivity index (χ0n) is 11.3. The van der Waals surface area contributed by atoms with Gasteiger partial charge in [-0.25, -0.2) is 21.1 Å². The Morgan fingerprint density at radius 2 is 1.89 bits per heavy atom. The second kappa shape index (κ2) is 5.67. The molecular formula is C11H22N2O4S2. The number of rotatable bonds is 3. The van der Waals surface area contributed by atoms with Crippen LogP contribution < -0.4 is 0 Å². The van der Waals surface area contributed by atoms with E-state index < -0.39 is 25.1 Å². The number of sulfonamides is 1. The Balaban J connectivity index is 2.08. The molecule has 6 nitrogen and oxygen atoms in total. The van der Waals surface area contributed by atoms with Gasteiger partial charge in [0.1, 0.15) is 0 Å². The van der Waals surface area contributed by atoms with Crippen LogP contribution >= 0.6 is 0 Å². The molecule has 8 heteroatoms. The molecule has 2 rings (SSSR count). The molecule has 1 unspecified atom stereocenters. The van der Waals surface area contributed by atoms with Crippen LogP contribution in [0.5, 0.6) is 0 Å². The number of hydrogen-bond donors (Lipinski definition) is 0. The Morgan fingerprint density at radius 3 is 2.47 bits per heavy atom. The number of hydrogen-bond acceptors (Lipinski definition) is 5. The van der Waals surface area contributed by atoms with Gasteiger partial charge in [0.15, 0.2) is 9.84 Å². The largest absolute Gasteiger partial charge is 0.302 e. The van der Waals surface area contributed by atoms with Crippen LogP contribution in [0.4, 0.5) is 0 Å². The van der Waals surface area contributed by atoms with Crippen LogP contribution in [0.3, 0.4) is 0 Å². The van der Waals surface area contributed by atoms with Crippen LogP contribution in [-0.4, -0.2) is 75.5 Å². The molecule has 19 heavy (non-hydrogen) atoms. The molecule has 0 N–H and O–H groups in total. The first-order chi connectivity index (χ1) is 8.85. The van der Waals surface area contributed by atoms with Gasteiger partial charge in [0.2, 0.25) is 10.0 Å². The van der Waals surface area contributed by atoms with Crippen molar-refractivity contribution in [3.05, 3.63) is 0 Å². The quantitative estimate of drug-likeness (QED) is 0.704. The van der Waals surface area contributed by atoms with Crippen molar-refractivity contribution < 1.29 is 16.8 Å². The molecule has 0 bridgehead atoms. The van der Waals surface area contributed by atoms with Crippen molar-refractivity contribution >= 4 is 19.9 Å². The first-order valence-corrected chi connectivity index (χ1v) is 10.1. The summed E-state index contributed by atoms with van der Waals surface area (Å²) in [5.74, 6) is -0.199. The minimum atomic E-state index is -3.46. The summed E-state index contributed by atoms with van der Waals surface area (Å²) in [7, 11) is -6.62. The molecule has 0 spiro atoms. The highest BCUT2D eigenvalue weighted by molar-refractivity contribution is 7.95. The average molecular weight is 310 g/mol. The van der Waals surface area contributed by atoms with Crippen molar-refractivity contribution in [2.75, 3.05) is 44.2 Å². The highest BCUT2D eigenvalue weighted by atomic mass is 32.2. The Hall–Kier alpha value is -0.180. The van der Waals surface area contributed by atoms with E-state index in [1.54, 1.807) is 0 Å². The fraction of sp³-hybridized carbons (Fsp3) is 1.00. The maximum absolute atomic E-state index is 12.5. The molecular weight excluding hydrogens is 288 g/mol. The zero-order chi connectivity index (χ0) is 14.1. The maximum Gasteiger partial charge on any atom is 0.218 e. The topological polar surface area (TPSA) is 74.8 Å². The second-order valence-corrected chi connectivity index (χ2v) is 9.70. The van der Waals surface area contributed by atoms with Gasteiger partial charge in [-0.15, -0.1) is 0 Å². The van der Waals surface area contributed by atoms with E-state index >= 15 is 0 Å². The molecule has 1 atom stereocenters. The molecule has 0 saturated carbocycles. The van der Waals surface area contributed by atoms with Crippen molar-refractivity contribution in [3.8, 4) is 0 Å². The molecule has 0 aromatic heterocycles. The molecule has 0 aromatic rings. The lowest BCUT2D eigenvalue weighted by molar-refractivity contribution is 0.301. The smallest absolute Gasteiger partial charge is 0.218 e. The van der Waals surface area contributed by atoms with E-state index in [-0.39, 0.29) is 17.9 Å². The summed E-state index contributed by atoms with van der Waals surface area (Å²) in [6, 6.07) is 0. The van der Waals surface area contributed by atoms with Gasteiger partial charge in [-0.2, -0.15) is 0 Å². The van der Waals surface area contributed by atoms with Crippen molar-refractivity contribution in [3.63, 3.8) is 0 Å². The highest BCUT2D eigenvalue weighted by Crippen LogP contribution is 2.23. The van der Waals surface area contributed by atoms with Crippen molar-refractivity contribution in [2.24, 2.45) is 0 Å². The molecule has 0 aliphatic carbocycles. The number of nitrogens with zero attached hydrogens (tertiary/aromatic N) is 2. The van der Waals surface area contributed by atoms with Crippen LogP contribution in [0, 0.1) is 0 Å². The van der Waals surface area contributed by atoms with Gasteiger partial charge in [-0.3, -0.25) is 0 Å². The molecule has 2 aliphatic heterocycles. The summed E-state index contributed by atoms with van der Waals surface area (Å²) in [5.41, 5.74) is 0. The average Bonchev–Trinajstić information content (AvgIpc) is 2.59. The van der Waals surface area contributed by atoms with Gasteiger partial charge in [0.25, 0.3) is 0 Å². The summed E-state index contributed by atoms with van der Waals surface area (Å²) >= 11 is 0. The third-order valence-electron chi connectivity index (χ3n) is 3.97. The fourth-order valence-corrected chi connectivity index (χ4v) is 7.28. The SMILES string of the molecule is CCN1CCCN(S(=O)(=O)C2CCS(=O)(=O)C2)CC1. The molecule has 2 heterocycles. The highest BCUT2D eigenvalue weighted by Gasteiger charge is 2.40. The number of likely N-dealkylation sites (N-methyl/N-ethyl adjacent to an activating group) is 1. The zero-order valence-corrected chi connectivity index (χ0v) is 12.9. The van der Waals surface area contributed by atoms with E-state index in [0.29, 0.717) is 13.1 Å². The van der Waals surface area contributed by atoms with Crippen molar-refractivity contribution in [1.29, 1.82) is 0 Å². The summed E-state index contributed by atoms with van der Waals surface area (Å²) in [6.45, 7) is 5.61. The minimum Gasteiger partial charge on any atom is -0.302 e. The number of sulfone groups is 1. The molecule has 2 aliphatic rings. The normalized spacial score (nSPS) is 30.3. The third-order valence-corrected chi connectivity index (χ3v) is 8.28. The standard InChI is InChI=1S/C11H22N2O4S2/c1-2-12-5-3-6-13(8-7-12)19(16,17)11-4-9-18(14,15)10-11/h11H,2-10H2,1H3. The van der Waals surface area contributed by atoms with Crippen molar-refractivity contribution in [1.82, 2.24) is 9.21 Å². The van der Waals surface area contributed by atoms with Gasteiger partial charge in [0, 0.05) is 19.6 Å². The molecule has 0 aromatic carbocycles.